The molecule has 0 saturated heterocycles. The first-order valence-corrected chi connectivity index (χ1v) is 8.54. The average molecular weight is 338 g/mol. The monoisotopic (exact) mass is 337 g/mol. The largest absolute Gasteiger partial charge is 0.388 e. The van der Waals surface area contributed by atoms with Gasteiger partial charge in [-0.15, -0.1) is 0 Å². The Kier molecular flexibility index (Phi) is 5.71. The van der Waals surface area contributed by atoms with Crippen LogP contribution < -0.4 is 5.43 Å². The Bertz CT molecular complexity index is 547. The number of β-amino-alcohol motifs (C(OH)–C–C–N with tert-alkyl or cyclic N) is 1. The van der Waals surface area contributed by atoms with E-state index in [1.807, 2.05) is 23.2 Å². The van der Waals surface area contributed by atoms with Gasteiger partial charge in [-0.3, -0.25) is 4.99 Å². The van der Waals surface area contributed by atoms with E-state index < -0.39 is 5.60 Å². The van der Waals surface area contributed by atoms with Gasteiger partial charge in [-0.2, -0.15) is 5.01 Å². The standard InChI is InChI=1S/C18H28ClN3O/c1-14(8-15-6-5-7-16(19)9-15)10-18(23,17(2,3)4)11-22-13-20-12-21-22/h5-7,9,12,14,23H,8,10-11,13H2,1-4H3,(H,20,21). The predicted octanol–water partition coefficient (Wildman–Crippen LogP) is 3.49. The van der Waals surface area contributed by atoms with Crippen LogP contribution in [0.1, 0.15) is 39.7 Å². The summed E-state index contributed by atoms with van der Waals surface area (Å²) in [4.78, 5) is 4.15. The van der Waals surface area contributed by atoms with Gasteiger partial charge in [0.05, 0.1) is 11.9 Å². The molecule has 0 aliphatic carbocycles. The number of hydrogen-bond donors (Lipinski definition) is 2. The van der Waals surface area contributed by atoms with Crippen molar-refractivity contribution in [3.8, 4) is 0 Å². The van der Waals surface area contributed by atoms with E-state index in [9.17, 15) is 5.11 Å². The lowest BCUT2D eigenvalue weighted by Gasteiger charge is -2.44. The SMILES string of the molecule is CC(Cc1cccc(Cl)c1)CC(O)(CN1CN=CN1)C(C)(C)C. The van der Waals surface area contributed by atoms with Crippen molar-refractivity contribution in [1.82, 2.24) is 10.4 Å². The average Bonchev–Trinajstić information content (AvgIpc) is 2.89. The zero-order chi connectivity index (χ0) is 17.1. The Labute approximate surface area is 144 Å². The van der Waals surface area contributed by atoms with E-state index in [4.69, 9.17) is 11.6 Å². The lowest BCUT2D eigenvalue weighted by atomic mass is 9.71. The molecule has 0 spiro atoms. The van der Waals surface area contributed by atoms with Gasteiger partial charge in [0, 0.05) is 11.6 Å². The normalized spacial score (nSPS) is 19.4. The first-order valence-electron chi connectivity index (χ1n) is 8.16. The third-order valence-electron chi connectivity index (χ3n) is 4.59. The fourth-order valence-electron chi connectivity index (χ4n) is 3.04. The van der Waals surface area contributed by atoms with E-state index in [-0.39, 0.29) is 5.41 Å². The number of hydrazine groups is 1. The summed E-state index contributed by atoms with van der Waals surface area (Å²) in [5.41, 5.74) is 3.27. The highest BCUT2D eigenvalue weighted by molar-refractivity contribution is 6.30. The van der Waals surface area contributed by atoms with Crippen molar-refractivity contribution in [1.29, 1.82) is 0 Å². The second-order valence-corrected chi connectivity index (χ2v) is 8.14. The maximum Gasteiger partial charge on any atom is 0.110 e. The van der Waals surface area contributed by atoms with Crippen LogP contribution in [0.3, 0.4) is 0 Å². The second-order valence-electron chi connectivity index (χ2n) is 7.71. The zero-order valence-electron chi connectivity index (χ0n) is 14.5. The molecule has 0 fully saturated rings. The van der Waals surface area contributed by atoms with E-state index in [1.54, 1.807) is 6.34 Å². The first kappa shape index (κ1) is 18.2. The molecule has 0 amide bonds. The van der Waals surface area contributed by atoms with Crippen molar-refractivity contribution < 1.29 is 5.11 Å². The number of nitrogens with zero attached hydrogens (tertiary/aromatic N) is 2. The molecule has 128 valence electrons. The Hall–Kier alpha value is -1.10. The molecule has 1 aliphatic heterocycles. The van der Waals surface area contributed by atoms with Crippen molar-refractivity contribution >= 4 is 17.9 Å². The molecule has 0 aromatic heterocycles. The molecule has 0 radical (unpaired) electrons. The number of aliphatic imine (C=N–C) groups is 1. The van der Waals surface area contributed by atoms with Gasteiger partial charge in [0.15, 0.2) is 0 Å². The maximum atomic E-state index is 11.3. The van der Waals surface area contributed by atoms with E-state index in [2.05, 4.69) is 44.2 Å². The van der Waals surface area contributed by atoms with Crippen molar-refractivity contribution in [3.63, 3.8) is 0 Å². The number of halogens is 1. The van der Waals surface area contributed by atoms with Crippen LogP contribution in [0.2, 0.25) is 5.02 Å². The van der Waals surface area contributed by atoms with Crippen LogP contribution in [0.5, 0.6) is 0 Å². The summed E-state index contributed by atoms with van der Waals surface area (Å²) in [6, 6.07) is 7.96. The van der Waals surface area contributed by atoms with Crippen LogP contribution in [-0.4, -0.2) is 35.3 Å². The minimum atomic E-state index is -0.800. The minimum Gasteiger partial charge on any atom is -0.388 e. The third-order valence-corrected chi connectivity index (χ3v) is 4.83. The fourth-order valence-corrected chi connectivity index (χ4v) is 3.25. The Morgan fingerprint density at radius 1 is 1.39 bits per heavy atom. The third kappa shape index (κ3) is 4.93. The van der Waals surface area contributed by atoms with Gasteiger partial charge >= 0.3 is 0 Å². The van der Waals surface area contributed by atoms with Gasteiger partial charge in [0.1, 0.15) is 6.67 Å². The Morgan fingerprint density at radius 2 is 2.13 bits per heavy atom. The van der Waals surface area contributed by atoms with E-state index in [1.165, 1.54) is 5.56 Å². The highest BCUT2D eigenvalue weighted by atomic mass is 35.5. The topological polar surface area (TPSA) is 47.9 Å². The summed E-state index contributed by atoms with van der Waals surface area (Å²) < 4.78 is 0. The van der Waals surface area contributed by atoms with Crippen LogP contribution in [0.15, 0.2) is 29.3 Å². The molecule has 1 heterocycles. The summed E-state index contributed by atoms with van der Waals surface area (Å²) in [5, 5.41) is 14.1. The molecule has 23 heavy (non-hydrogen) atoms. The first-order chi connectivity index (χ1) is 10.7. The summed E-state index contributed by atoms with van der Waals surface area (Å²) in [6.07, 6.45) is 3.31. The van der Waals surface area contributed by atoms with Gasteiger partial charge in [0.2, 0.25) is 0 Å². The van der Waals surface area contributed by atoms with Crippen molar-refractivity contribution in [3.05, 3.63) is 34.9 Å². The summed E-state index contributed by atoms with van der Waals surface area (Å²) in [7, 11) is 0. The van der Waals surface area contributed by atoms with Crippen LogP contribution >= 0.6 is 11.6 Å². The summed E-state index contributed by atoms with van der Waals surface area (Å²) in [6.45, 7) is 9.60. The number of hydrogen-bond acceptors (Lipinski definition) is 4. The Balaban J connectivity index is 2.04. The fraction of sp³-hybridized carbons (Fsp3) is 0.611. The molecule has 0 saturated carbocycles. The molecule has 1 aromatic carbocycles. The highest BCUT2D eigenvalue weighted by Gasteiger charge is 2.42. The molecule has 2 atom stereocenters. The summed E-state index contributed by atoms with van der Waals surface area (Å²) in [5.74, 6) is 0.348. The van der Waals surface area contributed by atoms with Gasteiger partial charge < -0.3 is 10.5 Å². The maximum absolute atomic E-state index is 11.3. The molecule has 4 nitrogen and oxygen atoms in total. The highest BCUT2D eigenvalue weighted by Crippen LogP contribution is 2.37. The van der Waals surface area contributed by atoms with Gasteiger partial charge in [-0.25, -0.2) is 0 Å². The van der Waals surface area contributed by atoms with Crippen LogP contribution in [0.4, 0.5) is 0 Å². The molecule has 0 bridgehead atoms. The van der Waals surface area contributed by atoms with Crippen molar-refractivity contribution in [2.45, 2.75) is 46.1 Å². The van der Waals surface area contributed by atoms with Crippen molar-refractivity contribution in [2.75, 3.05) is 13.2 Å². The minimum absolute atomic E-state index is 0.222. The molecule has 1 aromatic rings. The smallest absolute Gasteiger partial charge is 0.110 e. The number of benzene rings is 1. The lowest BCUT2D eigenvalue weighted by Crippen LogP contribution is -2.54. The molecule has 2 unspecified atom stereocenters. The van der Waals surface area contributed by atoms with Crippen LogP contribution in [0, 0.1) is 11.3 Å². The van der Waals surface area contributed by atoms with Crippen molar-refractivity contribution in [2.24, 2.45) is 16.3 Å². The molecule has 1 aliphatic rings. The molecule has 2 rings (SSSR count). The molecule has 5 heteroatoms. The van der Waals surface area contributed by atoms with E-state index >= 15 is 0 Å². The lowest BCUT2D eigenvalue weighted by molar-refractivity contribution is -0.0970. The molecular formula is C18H28ClN3O. The van der Waals surface area contributed by atoms with Gasteiger partial charge in [-0.05, 0) is 41.9 Å². The quantitative estimate of drug-likeness (QED) is 0.835. The predicted molar refractivity (Wildman–Crippen MR) is 96.5 cm³/mol. The zero-order valence-corrected chi connectivity index (χ0v) is 15.3. The number of rotatable bonds is 6. The van der Waals surface area contributed by atoms with Crippen LogP contribution in [-0.2, 0) is 6.42 Å². The summed E-state index contributed by atoms with van der Waals surface area (Å²) >= 11 is 6.07. The Morgan fingerprint density at radius 3 is 2.70 bits per heavy atom. The number of aliphatic hydroxyl groups is 1. The van der Waals surface area contributed by atoms with Crippen LogP contribution in [0.25, 0.3) is 0 Å². The van der Waals surface area contributed by atoms with Gasteiger partial charge in [-0.1, -0.05) is 51.4 Å². The second kappa shape index (κ2) is 7.20. The number of nitrogens with one attached hydrogen (secondary N) is 1. The molecular weight excluding hydrogens is 310 g/mol. The van der Waals surface area contributed by atoms with E-state index in [0.717, 1.165) is 17.9 Å². The molecule has 2 N–H and O–H groups in total. The van der Waals surface area contributed by atoms with E-state index in [0.29, 0.717) is 19.1 Å². The van der Waals surface area contributed by atoms with Gasteiger partial charge in [0.25, 0.3) is 0 Å².